The highest BCUT2D eigenvalue weighted by Gasteiger charge is 2.18. The van der Waals surface area contributed by atoms with Gasteiger partial charge in [-0.3, -0.25) is 4.79 Å². The standard InChI is InChI=1S/C19H25N3O3/c1-5-22-13-16(10-11-18(22)23)20-19(24)21(3)14(2)12-15-8-6-7-9-17(15)25-4/h6-11,13-14H,5,12H2,1-4H3,(H,20,24)/t14-/m0/s1. The summed E-state index contributed by atoms with van der Waals surface area (Å²) >= 11 is 0. The zero-order valence-corrected chi connectivity index (χ0v) is 15.2. The molecular formula is C19H25N3O3. The third kappa shape index (κ3) is 4.62. The number of rotatable bonds is 6. The van der Waals surface area contributed by atoms with Crippen LogP contribution in [0.2, 0.25) is 0 Å². The molecule has 0 unspecified atom stereocenters. The van der Waals surface area contributed by atoms with Gasteiger partial charge in [0.1, 0.15) is 5.75 Å². The Balaban J connectivity index is 2.05. The van der Waals surface area contributed by atoms with Crippen molar-refractivity contribution in [1.29, 1.82) is 0 Å². The van der Waals surface area contributed by atoms with Crippen molar-refractivity contribution in [2.24, 2.45) is 0 Å². The number of para-hydroxylation sites is 1. The summed E-state index contributed by atoms with van der Waals surface area (Å²) in [5.74, 6) is 0.818. The molecule has 1 heterocycles. The van der Waals surface area contributed by atoms with Crippen LogP contribution in [-0.2, 0) is 13.0 Å². The lowest BCUT2D eigenvalue weighted by atomic mass is 10.1. The largest absolute Gasteiger partial charge is 0.496 e. The second-order valence-corrected chi connectivity index (χ2v) is 5.95. The van der Waals surface area contributed by atoms with E-state index in [1.165, 1.54) is 6.07 Å². The maximum atomic E-state index is 12.5. The highest BCUT2D eigenvalue weighted by atomic mass is 16.5. The molecule has 0 radical (unpaired) electrons. The normalized spacial score (nSPS) is 11.7. The average Bonchev–Trinajstić information content (AvgIpc) is 2.62. The van der Waals surface area contributed by atoms with E-state index in [4.69, 9.17) is 4.74 Å². The number of carbonyl (C=O) groups is 1. The molecule has 1 N–H and O–H groups in total. The van der Waals surface area contributed by atoms with Gasteiger partial charge < -0.3 is 19.5 Å². The van der Waals surface area contributed by atoms with Gasteiger partial charge in [0.15, 0.2) is 0 Å². The number of aryl methyl sites for hydroxylation is 1. The minimum absolute atomic E-state index is 0.0200. The van der Waals surface area contributed by atoms with Crippen LogP contribution >= 0.6 is 0 Å². The van der Waals surface area contributed by atoms with Gasteiger partial charge >= 0.3 is 6.03 Å². The van der Waals surface area contributed by atoms with Crippen LogP contribution in [0.15, 0.2) is 47.4 Å². The van der Waals surface area contributed by atoms with E-state index in [2.05, 4.69) is 5.32 Å². The lowest BCUT2D eigenvalue weighted by molar-refractivity contribution is 0.207. The molecule has 0 saturated heterocycles. The number of methoxy groups -OCH3 is 1. The smallest absolute Gasteiger partial charge is 0.321 e. The van der Waals surface area contributed by atoms with Crippen molar-refractivity contribution in [3.63, 3.8) is 0 Å². The summed E-state index contributed by atoms with van der Waals surface area (Å²) in [6.07, 6.45) is 2.33. The number of benzene rings is 1. The lowest BCUT2D eigenvalue weighted by Crippen LogP contribution is -2.39. The van der Waals surface area contributed by atoms with Crippen molar-refractivity contribution < 1.29 is 9.53 Å². The number of hydrogen-bond acceptors (Lipinski definition) is 3. The van der Waals surface area contributed by atoms with Crippen LogP contribution in [0, 0.1) is 0 Å². The highest BCUT2D eigenvalue weighted by Crippen LogP contribution is 2.20. The number of likely N-dealkylation sites (N-methyl/N-ethyl adjacent to an activating group) is 1. The van der Waals surface area contributed by atoms with Gasteiger partial charge in [-0.15, -0.1) is 0 Å². The molecule has 1 aromatic heterocycles. The first-order valence-corrected chi connectivity index (χ1v) is 8.32. The summed E-state index contributed by atoms with van der Waals surface area (Å²) in [5.41, 5.74) is 1.57. The predicted octanol–water partition coefficient (Wildman–Crippen LogP) is 2.97. The number of nitrogens with one attached hydrogen (secondary N) is 1. The molecule has 0 aliphatic carbocycles. The molecule has 0 spiro atoms. The minimum Gasteiger partial charge on any atom is -0.496 e. The first kappa shape index (κ1) is 18.6. The maximum Gasteiger partial charge on any atom is 0.321 e. The molecule has 0 saturated carbocycles. The number of ether oxygens (including phenoxy) is 1. The van der Waals surface area contributed by atoms with Crippen molar-refractivity contribution >= 4 is 11.7 Å². The number of aromatic nitrogens is 1. The quantitative estimate of drug-likeness (QED) is 0.877. The first-order valence-electron chi connectivity index (χ1n) is 8.32. The van der Waals surface area contributed by atoms with Crippen LogP contribution in [-0.4, -0.2) is 35.7 Å². The molecule has 6 nitrogen and oxygen atoms in total. The molecule has 1 aromatic carbocycles. The minimum atomic E-state index is -0.219. The molecule has 0 aliphatic heterocycles. The Labute approximate surface area is 148 Å². The molecule has 25 heavy (non-hydrogen) atoms. The van der Waals surface area contributed by atoms with Crippen LogP contribution in [0.1, 0.15) is 19.4 Å². The fourth-order valence-electron chi connectivity index (χ4n) is 2.59. The summed E-state index contributed by atoms with van der Waals surface area (Å²) < 4.78 is 6.92. The molecule has 0 aliphatic rings. The average molecular weight is 343 g/mol. The third-order valence-electron chi connectivity index (χ3n) is 4.26. The van der Waals surface area contributed by atoms with Gasteiger partial charge in [0, 0.05) is 31.9 Å². The fraction of sp³-hybridized carbons (Fsp3) is 0.368. The summed E-state index contributed by atoms with van der Waals surface area (Å²) in [6.45, 7) is 4.43. The molecule has 134 valence electrons. The van der Waals surface area contributed by atoms with Gasteiger partial charge in [0.2, 0.25) is 0 Å². The Morgan fingerprint density at radius 1 is 1.28 bits per heavy atom. The van der Waals surface area contributed by atoms with Crippen LogP contribution in [0.5, 0.6) is 5.75 Å². The predicted molar refractivity (Wildman–Crippen MR) is 99.3 cm³/mol. The van der Waals surface area contributed by atoms with Gasteiger partial charge in [-0.25, -0.2) is 4.79 Å². The van der Waals surface area contributed by atoms with Crippen molar-refractivity contribution in [2.75, 3.05) is 19.5 Å². The van der Waals surface area contributed by atoms with Gasteiger partial charge in [-0.05, 0) is 38.0 Å². The lowest BCUT2D eigenvalue weighted by Gasteiger charge is -2.26. The first-order chi connectivity index (χ1) is 12.0. The van der Waals surface area contributed by atoms with Gasteiger partial charge in [-0.1, -0.05) is 18.2 Å². The molecule has 6 heteroatoms. The molecule has 2 aromatic rings. The number of carbonyl (C=O) groups excluding carboxylic acids is 1. The van der Waals surface area contributed by atoms with Crippen LogP contribution in [0.3, 0.4) is 0 Å². The van der Waals surface area contributed by atoms with E-state index in [1.807, 2.05) is 38.1 Å². The summed E-state index contributed by atoms with van der Waals surface area (Å²) in [5, 5.41) is 2.83. The molecular weight excluding hydrogens is 318 g/mol. The zero-order valence-electron chi connectivity index (χ0n) is 15.2. The SMILES string of the molecule is CCn1cc(NC(=O)N(C)[C@@H](C)Cc2ccccc2OC)ccc1=O. The van der Waals surface area contributed by atoms with Crippen LogP contribution in [0.25, 0.3) is 0 Å². The number of nitrogens with zero attached hydrogens (tertiary/aromatic N) is 2. The number of hydrogen-bond donors (Lipinski definition) is 1. The molecule has 2 amide bonds. The Morgan fingerprint density at radius 2 is 2.00 bits per heavy atom. The highest BCUT2D eigenvalue weighted by molar-refractivity contribution is 5.89. The van der Waals surface area contributed by atoms with E-state index in [0.717, 1.165) is 11.3 Å². The Kier molecular flexibility index (Phi) is 6.22. The van der Waals surface area contributed by atoms with Crippen molar-refractivity contribution in [2.45, 2.75) is 32.9 Å². The third-order valence-corrected chi connectivity index (χ3v) is 4.26. The molecule has 0 fully saturated rings. The fourth-order valence-corrected chi connectivity index (χ4v) is 2.59. The Morgan fingerprint density at radius 3 is 2.68 bits per heavy atom. The van der Waals surface area contributed by atoms with Crippen LogP contribution < -0.4 is 15.6 Å². The van der Waals surface area contributed by atoms with E-state index >= 15 is 0 Å². The summed E-state index contributed by atoms with van der Waals surface area (Å²) in [7, 11) is 3.40. The zero-order chi connectivity index (χ0) is 18.4. The second-order valence-electron chi connectivity index (χ2n) is 5.95. The number of urea groups is 1. The van der Waals surface area contributed by atoms with Crippen molar-refractivity contribution in [3.8, 4) is 5.75 Å². The molecule has 1 atom stereocenters. The van der Waals surface area contributed by atoms with Crippen molar-refractivity contribution in [1.82, 2.24) is 9.47 Å². The van der Waals surface area contributed by atoms with E-state index in [9.17, 15) is 9.59 Å². The summed E-state index contributed by atoms with van der Waals surface area (Å²) in [4.78, 5) is 25.7. The topological polar surface area (TPSA) is 63.6 Å². The van der Waals surface area contributed by atoms with Crippen molar-refractivity contribution in [3.05, 3.63) is 58.5 Å². The van der Waals surface area contributed by atoms with Gasteiger partial charge in [0.05, 0.1) is 12.8 Å². The van der Waals surface area contributed by atoms with E-state index in [0.29, 0.717) is 18.7 Å². The number of anilines is 1. The van der Waals surface area contributed by atoms with E-state index in [1.54, 1.807) is 35.9 Å². The molecule has 0 bridgehead atoms. The van der Waals surface area contributed by atoms with Crippen LogP contribution in [0.4, 0.5) is 10.5 Å². The maximum absolute atomic E-state index is 12.5. The monoisotopic (exact) mass is 343 g/mol. The molecule has 2 rings (SSSR count). The number of amides is 2. The van der Waals surface area contributed by atoms with Gasteiger partial charge in [-0.2, -0.15) is 0 Å². The summed E-state index contributed by atoms with van der Waals surface area (Å²) in [6, 6.07) is 10.6. The number of pyridine rings is 1. The Bertz CT molecular complexity index is 785. The van der Waals surface area contributed by atoms with Gasteiger partial charge in [0.25, 0.3) is 5.56 Å². The second kappa shape index (κ2) is 8.37. The van der Waals surface area contributed by atoms with E-state index < -0.39 is 0 Å². The Hall–Kier alpha value is -2.76. The van der Waals surface area contributed by atoms with E-state index in [-0.39, 0.29) is 17.6 Å².